The number of hydrogen-bond acceptors (Lipinski definition) is 14. The number of benzene rings is 6. The Balaban J connectivity index is 0.000000161. The summed E-state index contributed by atoms with van der Waals surface area (Å²) < 4.78 is 72.1. The van der Waals surface area contributed by atoms with Gasteiger partial charge in [-0.1, -0.05) is 109 Å². The van der Waals surface area contributed by atoms with Crippen LogP contribution >= 0.6 is 0 Å². The van der Waals surface area contributed by atoms with E-state index in [1.165, 1.54) is 38.7 Å². The number of halogens is 3. The van der Waals surface area contributed by atoms with Gasteiger partial charge in [0.05, 0.1) is 0 Å². The quantitative estimate of drug-likeness (QED) is 0.105. The molecule has 10 aromatic rings. The van der Waals surface area contributed by atoms with Gasteiger partial charge in [0.1, 0.15) is 25.4 Å². The fraction of sp³-hybridized carbons (Fsp3) is 0.310. The maximum absolute atomic E-state index is 12.8. The number of piperidine rings is 2. The first-order valence-corrected chi connectivity index (χ1v) is 25.3. The second-order valence-electron chi connectivity index (χ2n) is 19.4. The van der Waals surface area contributed by atoms with Gasteiger partial charge in [-0.3, -0.25) is 0 Å². The first-order valence-electron chi connectivity index (χ1n) is 25.3. The molecule has 6 aromatic carbocycles. The van der Waals surface area contributed by atoms with Gasteiger partial charge in [0.2, 0.25) is 5.89 Å². The zero-order valence-electron chi connectivity index (χ0n) is 41.2. The topological polar surface area (TPSA) is 170 Å². The van der Waals surface area contributed by atoms with Gasteiger partial charge in [-0.25, -0.2) is 0 Å². The number of ether oxygens (including phenoxy) is 2. The Hall–Kier alpha value is -7.57. The Bertz CT molecular complexity index is 3540. The van der Waals surface area contributed by atoms with E-state index in [4.69, 9.17) is 27.1 Å². The Morgan fingerprint density at radius 1 is 0.520 bits per heavy atom. The van der Waals surface area contributed by atoms with Crippen molar-refractivity contribution in [1.82, 2.24) is 30.2 Å². The van der Waals surface area contributed by atoms with Crippen LogP contribution in [0.4, 0.5) is 13.2 Å². The van der Waals surface area contributed by atoms with E-state index in [0.717, 1.165) is 57.2 Å². The number of furan rings is 2. The molecule has 17 heteroatoms. The highest BCUT2D eigenvalue weighted by Crippen LogP contribution is 2.37. The molecule has 0 saturated carbocycles. The molecule has 4 aromatic heterocycles. The number of aryl methyl sites for hydroxylation is 1. The number of nitrogens with zero attached hydrogens (tertiary/aromatic N) is 6. The molecule has 0 aliphatic carbocycles. The van der Waals surface area contributed by atoms with Gasteiger partial charge < -0.3 is 47.2 Å². The molecule has 0 unspecified atom stereocenters. The number of aromatic nitrogens is 4. The van der Waals surface area contributed by atoms with Crippen molar-refractivity contribution in [1.29, 1.82) is 0 Å². The van der Waals surface area contributed by atoms with E-state index >= 15 is 0 Å². The summed E-state index contributed by atoms with van der Waals surface area (Å²) in [5, 5.41) is 42.3. The van der Waals surface area contributed by atoms with Crippen molar-refractivity contribution in [2.24, 2.45) is 0 Å². The summed E-state index contributed by atoms with van der Waals surface area (Å²) >= 11 is 0. The highest BCUT2D eigenvalue weighted by molar-refractivity contribution is 5.88. The molecule has 2 fully saturated rings. The minimum absolute atomic E-state index is 0.00103. The molecule has 14 nitrogen and oxygen atoms in total. The molecule has 0 radical (unpaired) electrons. The fourth-order valence-electron chi connectivity index (χ4n) is 10.2. The molecule has 0 amide bonds. The number of para-hydroxylation sites is 2. The van der Waals surface area contributed by atoms with Crippen LogP contribution in [0, 0.1) is 6.92 Å². The number of rotatable bonds is 14. The predicted octanol–water partition coefficient (Wildman–Crippen LogP) is 11.8. The van der Waals surface area contributed by atoms with Crippen molar-refractivity contribution in [3.05, 3.63) is 156 Å². The van der Waals surface area contributed by atoms with Crippen LogP contribution in [0.2, 0.25) is 0 Å². The first-order chi connectivity index (χ1) is 36.4. The van der Waals surface area contributed by atoms with Crippen molar-refractivity contribution in [2.45, 2.75) is 62.8 Å². The minimum atomic E-state index is -4.74. The molecule has 6 heterocycles. The summed E-state index contributed by atoms with van der Waals surface area (Å²) in [6.45, 7) is 6.74. The third-order valence-electron chi connectivity index (χ3n) is 14.1. The Morgan fingerprint density at radius 2 is 0.960 bits per heavy atom. The number of likely N-dealkylation sites (tertiary alicyclic amines) is 2. The maximum atomic E-state index is 12.8. The summed E-state index contributed by atoms with van der Waals surface area (Å²) in [7, 11) is 0. The van der Waals surface area contributed by atoms with E-state index in [9.17, 15) is 23.4 Å². The van der Waals surface area contributed by atoms with Crippen LogP contribution in [0.15, 0.2) is 151 Å². The number of aliphatic hydroxyl groups excluding tert-OH is 2. The number of alkyl halides is 3. The highest BCUT2D eigenvalue weighted by Gasteiger charge is 2.38. The van der Waals surface area contributed by atoms with Crippen LogP contribution in [-0.4, -0.2) is 105 Å². The van der Waals surface area contributed by atoms with E-state index in [-0.39, 0.29) is 24.9 Å². The van der Waals surface area contributed by atoms with Crippen LogP contribution < -0.4 is 9.47 Å². The van der Waals surface area contributed by atoms with Gasteiger partial charge in [-0.2, -0.15) is 13.2 Å². The summed E-state index contributed by atoms with van der Waals surface area (Å²) in [4.78, 5) is 4.57. The smallest absolute Gasteiger partial charge is 0.470 e. The van der Waals surface area contributed by atoms with Gasteiger partial charge in [0, 0.05) is 30.8 Å². The number of fused-ring (bicyclic) bond motifs is 4. The van der Waals surface area contributed by atoms with Crippen molar-refractivity contribution < 1.29 is 50.5 Å². The molecule has 2 N–H and O–H groups in total. The van der Waals surface area contributed by atoms with Crippen LogP contribution in [0.25, 0.3) is 66.8 Å². The van der Waals surface area contributed by atoms with Crippen molar-refractivity contribution in [3.8, 4) is 34.8 Å². The molecule has 12 rings (SSSR count). The molecule has 386 valence electrons. The molecule has 0 spiro atoms. The van der Waals surface area contributed by atoms with Gasteiger partial charge in [0.15, 0.2) is 34.2 Å². The fourth-order valence-corrected chi connectivity index (χ4v) is 10.2. The summed E-state index contributed by atoms with van der Waals surface area (Å²) in [5.74, 6) is 1.50. The standard InChI is InChI=1S/C29H26F3N3O4.C29H29N3O4/c30-29(31,32)28-34-33-27(39-28)25-15-22-6-3-7-24(26(22)38-25)37-17-23(36)16-35-12-10-19(11-13-35)21-9-8-18-4-1-2-5-20(18)14-21;1-19-30-31-29(35-19)27-16-24-7-4-8-26(28(24)36-27)34-18-25(33)17-32-13-11-21(12-14-32)23-10-9-20-5-2-3-6-22(20)15-23/h1-9,14-15,19,23,36H,10-13,16-17H2;2-10,15-16,21,25,33H,11-14,17-18H2,1H3/t23-;25-/m00/s1. The number of β-amino-alcohol motifs (C(OH)–C–C–N with tert-alkyl or cyclic N) is 2. The number of aliphatic hydroxyl groups is 2. The lowest BCUT2D eigenvalue weighted by molar-refractivity contribution is -0.157. The number of hydrogen-bond donors (Lipinski definition) is 2. The zero-order chi connectivity index (χ0) is 51.5. The largest absolute Gasteiger partial charge is 0.487 e. The Labute approximate surface area is 429 Å². The van der Waals surface area contributed by atoms with Crippen LogP contribution in [0.1, 0.15) is 60.4 Å². The average Bonchev–Trinajstić information content (AvgIpc) is 4.28. The summed E-state index contributed by atoms with van der Waals surface area (Å²) in [6.07, 6.45) is -1.83. The zero-order valence-corrected chi connectivity index (χ0v) is 41.2. The Kier molecular flexibility index (Phi) is 14.4. The van der Waals surface area contributed by atoms with Crippen LogP contribution in [0.3, 0.4) is 0 Å². The van der Waals surface area contributed by atoms with E-state index in [2.05, 4.69) is 109 Å². The SMILES string of the molecule is Cc1nnc(-c2cc3cccc(OC[C@@H](O)CN4CCC(c5ccc6ccccc6c5)CC4)c3o2)o1.O[C@H](COc1cccc2cc(-c3nnc(C(F)(F)F)o3)oc12)CN1CCC(c2ccc3ccccc3c2)CC1. The van der Waals surface area contributed by atoms with Crippen molar-refractivity contribution in [3.63, 3.8) is 0 Å². The van der Waals surface area contributed by atoms with Gasteiger partial charge in [0.25, 0.3) is 11.8 Å². The van der Waals surface area contributed by atoms with E-state index < -0.39 is 24.3 Å². The normalized spacial score (nSPS) is 16.1. The molecule has 0 bridgehead atoms. The van der Waals surface area contributed by atoms with E-state index in [0.29, 0.717) is 70.5 Å². The van der Waals surface area contributed by atoms with Crippen LogP contribution in [-0.2, 0) is 6.18 Å². The van der Waals surface area contributed by atoms with E-state index in [1.807, 2.05) is 30.3 Å². The highest BCUT2D eigenvalue weighted by atomic mass is 19.4. The summed E-state index contributed by atoms with van der Waals surface area (Å²) in [6, 6.07) is 44.6. The molecule has 2 aliphatic heterocycles. The molecular weight excluding hydrogens is 966 g/mol. The van der Waals surface area contributed by atoms with Crippen molar-refractivity contribution >= 4 is 43.5 Å². The Morgan fingerprint density at radius 3 is 1.40 bits per heavy atom. The molecule has 2 atom stereocenters. The predicted molar refractivity (Wildman–Crippen MR) is 276 cm³/mol. The lowest BCUT2D eigenvalue weighted by Gasteiger charge is -2.33. The minimum Gasteiger partial charge on any atom is -0.487 e. The van der Waals surface area contributed by atoms with Gasteiger partial charge in [-0.15, -0.1) is 20.4 Å². The molecular formula is C58H55F3N6O8. The molecule has 2 saturated heterocycles. The summed E-state index contributed by atoms with van der Waals surface area (Å²) in [5.41, 5.74) is 3.70. The van der Waals surface area contributed by atoms with Crippen LogP contribution in [0.5, 0.6) is 11.5 Å². The second kappa shape index (κ2) is 21.7. The maximum Gasteiger partial charge on any atom is 0.470 e. The molecule has 2 aliphatic rings. The van der Waals surface area contributed by atoms with E-state index in [1.54, 1.807) is 25.1 Å². The van der Waals surface area contributed by atoms with Gasteiger partial charge in [-0.05, 0) is 121 Å². The lowest BCUT2D eigenvalue weighted by Crippen LogP contribution is -2.40. The monoisotopic (exact) mass is 1020 g/mol. The molecule has 75 heavy (non-hydrogen) atoms. The lowest BCUT2D eigenvalue weighted by atomic mass is 9.88. The van der Waals surface area contributed by atoms with Crippen molar-refractivity contribution in [2.75, 3.05) is 52.5 Å². The third-order valence-corrected chi connectivity index (χ3v) is 14.1. The van der Waals surface area contributed by atoms with Gasteiger partial charge >= 0.3 is 12.1 Å². The second-order valence-corrected chi connectivity index (χ2v) is 19.4. The third kappa shape index (κ3) is 11.6. The average molecular weight is 1020 g/mol. The first kappa shape index (κ1) is 49.6.